The Morgan fingerprint density at radius 1 is 1.69 bits per heavy atom. The second-order valence-corrected chi connectivity index (χ2v) is 5.18. The average molecular weight is 249 g/mol. The molecule has 0 bridgehead atoms. The molecule has 0 spiro atoms. The molecule has 2 N–H and O–H groups in total. The van der Waals surface area contributed by atoms with Crippen LogP contribution in [-0.2, 0) is 9.47 Å². The summed E-state index contributed by atoms with van der Waals surface area (Å²) in [6.07, 6.45) is 0.966. The van der Waals surface area contributed by atoms with Gasteiger partial charge in [-0.1, -0.05) is 0 Å². The fourth-order valence-corrected chi connectivity index (χ4v) is 2.44. The molecule has 1 amide bonds. The first-order valence-corrected chi connectivity index (χ1v) is 6.61. The zero-order valence-electron chi connectivity index (χ0n) is 9.86. The minimum absolute atomic E-state index is 0.0331. The van der Waals surface area contributed by atoms with E-state index in [1.165, 1.54) is 0 Å². The number of nitrogens with one attached hydrogen (secondary N) is 1. The summed E-state index contributed by atoms with van der Waals surface area (Å²) in [5.74, 6) is 0.447. The summed E-state index contributed by atoms with van der Waals surface area (Å²) < 4.78 is 11.2. The number of hydrogen-bond acceptors (Lipinski definition) is 4. The van der Waals surface area contributed by atoms with Crippen LogP contribution in [0.1, 0.15) is 13.8 Å². The van der Waals surface area contributed by atoms with E-state index in [9.17, 15) is 4.79 Å². The summed E-state index contributed by atoms with van der Waals surface area (Å²) in [4.78, 5) is 10.5. The number of rotatable bonds is 5. The highest BCUT2D eigenvalue weighted by Gasteiger charge is 2.37. The van der Waals surface area contributed by atoms with E-state index in [0.717, 1.165) is 5.75 Å². The van der Waals surface area contributed by atoms with Crippen LogP contribution in [0.5, 0.6) is 0 Å². The lowest BCUT2D eigenvalue weighted by molar-refractivity contribution is -0.143. The Morgan fingerprint density at radius 3 is 2.81 bits per heavy atom. The number of hydrogen-bond donors (Lipinski definition) is 2. The molecule has 0 saturated carbocycles. The maximum Gasteiger partial charge on any atom is 0.404 e. The van der Waals surface area contributed by atoms with Crippen molar-refractivity contribution < 1.29 is 19.4 Å². The largest absolute Gasteiger partial charge is 0.465 e. The smallest absolute Gasteiger partial charge is 0.404 e. The molecule has 94 valence electrons. The fourth-order valence-electron chi connectivity index (χ4n) is 1.68. The van der Waals surface area contributed by atoms with Gasteiger partial charge in [-0.25, -0.2) is 4.79 Å². The second-order valence-electron chi connectivity index (χ2n) is 4.27. The van der Waals surface area contributed by atoms with Crippen LogP contribution in [0.15, 0.2) is 0 Å². The van der Waals surface area contributed by atoms with Gasteiger partial charge in [0.1, 0.15) is 0 Å². The third-order valence-corrected chi connectivity index (χ3v) is 3.21. The van der Waals surface area contributed by atoms with Gasteiger partial charge in [-0.15, -0.1) is 0 Å². The Bertz CT molecular complexity index is 247. The van der Waals surface area contributed by atoms with E-state index >= 15 is 0 Å². The van der Waals surface area contributed by atoms with Crippen molar-refractivity contribution in [2.45, 2.75) is 25.7 Å². The van der Waals surface area contributed by atoms with Gasteiger partial charge in [0.2, 0.25) is 0 Å². The van der Waals surface area contributed by atoms with Crippen molar-refractivity contribution in [3.63, 3.8) is 0 Å². The Morgan fingerprint density at radius 2 is 2.38 bits per heavy atom. The van der Waals surface area contributed by atoms with E-state index in [0.29, 0.717) is 13.2 Å². The Balaban J connectivity index is 2.47. The first kappa shape index (κ1) is 13.6. The van der Waals surface area contributed by atoms with Crippen LogP contribution in [0, 0.1) is 5.92 Å². The van der Waals surface area contributed by atoms with E-state index < -0.39 is 11.9 Å². The molecule has 0 aromatic heterocycles. The molecule has 0 aromatic rings. The van der Waals surface area contributed by atoms with E-state index in [1.807, 2.05) is 20.1 Å². The number of thioether (sulfide) groups is 1. The van der Waals surface area contributed by atoms with E-state index in [1.54, 1.807) is 11.8 Å². The molecule has 6 heteroatoms. The summed E-state index contributed by atoms with van der Waals surface area (Å²) in [6.45, 7) is 4.67. The van der Waals surface area contributed by atoms with Crippen molar-refractivity contribution in [3.8, 4) is 0 Å². The second kappa shape index (κ2) is 5.75. The van der Waals surface area contributed by atoms with Gasteiger partial charge in [0.15, 0.2) is 5.79 Å². The number of carboxylic acid groups (broad SMARTS) is 1. The molecule has 0 aliphatic carbocycles. The minimum Gasteiger partial charge on any atom is -0.465 e. The van der Waals surface area contributed by atoms with Crippen molar-refractivity contribution in [2.75, 3.05) is 25.2 Å². The molecular weight excluding hydrogens is 230 g/mol. The number of amides is 1. The highest BCUT2D eigenvalue weighted by atomic mass is 32.2. The molecule has 1 saturated heterocycles. The number of carbonyl (C=O) groups is 1. The number of ether oxygens (including phenoxy) is 2. The molecule has 1 rings (SSSR count). The lowest BCUT2D eigenvalue weighted by Gasteiger charge is -2.23. The molecular formula is C10H19NO4S. The van der Waals surface area contributed by atoms with Crippen LogP contribution in [0.4, 0.5) is 4.79 Å². The summed E-state index contributed by atoms with van der Waals surface area (Å²) in [5.41, 5.74) is 0. The van der Waals surface area contributed by atoms with Crippen LogP contribution in [-0.4, -0.2) is 48.3 Å². The maximum absolute atomic E-state index is 10.5. The van der Waals surface area contributed by atoms with Gasteiger partial charge < -0.3 is 19.9 Å². The third-order valence-electron chi connectivity index (χ3n) is 2.45. The van der Waals surface area contributed by atoms with Gasteiger partial charge in [0.25, 0.3) is 0 Å². The van der Waals surface area contributed by atoms with Gasteiger partial charge >= 0.3 is 6.09 Å². The highest BCUT2D eigenvalue weighted by Crippen LogP contribution is 2.27. The van der Waals surface area contributed by atoms with E-state index in [-0.39, 0.29) is 12.0 Å². The molecule has 1 aliphatic rings. The van der Waals surface area contributed by atoms with Crippen LogP contribution >= 0.6 is 11.8 Å². The van der Waals surface area contributed by atoms with Crippen molar-refractivity contribution >= 4 is 17.9 Å². The Hall–Kier alpha value is -0.460. The first-order chi connectivity index (χ1) is 7.44. The zero-order valence-corrected chi connectivity index (χ0v) is 10.7. The van der Waals surface area contributed by atoms with E-state index in [2.05, 4.69) is 5.32 Å². The summed E-state index contributed by atoms with van der Waals surface area (Å²) in [6, 6.07) is 0. The topological polar surface area (TPSA) is 67.8 Å². The predicted octanol–water partition coefficient (Wildman–Crippen LogP) is 1.38. The highest BCUT2D eigenvalue weighted by molar-refractivity contribution is 7.98. The standard InChI is InChI=1S/C10H19NO4S/c1-10(2)14-5-8(15-10)7(6-16-3)4-11-9(12)13/h7-8,11H,4-6H2,1-3H3,(H,12,13)/t7-,8+/m0/s1. The van der Waals surface area contributed by atoms with Crippen molar-refractivity contribution in [2.24, 2.45) is 5.92 Å². The Labute approximate surface area is 99.9 Å². The van der Waals surface area contributed by atoms with Crippen LogP contribution in [0.25, 0.3) is 0 Å². The van der Waals surface area contributed by atoms with Gasteiger partial charge in [0, 0.05) is 18.2 Å². The van der Waals surface area contributed by atoms with Crippen molar-refractivity contribution in [1.29, 1.82) is 0 Å². The third kappa shape index (κ3) is 4.19. The zero-order chi connectivity index (χ0) is 12.2. The van der Waals surface area contributed by atoms with Crippen LogP contribution < -0.4 is 5.32 Å². The molecule has 1 aliphatic heterocycles. The molecule has 0 radical (unpaired) electrons. The molecule has 0 aromatic carbocycles. The summed E-state index contributed by atoms with van der Waals surface area (Å²) >= 11 is 1.68. The lowest BCUT2D eigenvalue weighted by Crippen LogP contribution is -2.37. The summed E-state index contributed by atoms with van der Waals surface area (Å²) in [5, 5.41) is 11.0. The average Bonchev–Trinajstić information content (AvgIpc) is 2.53. The fraction of sp³-hybridized carbons (Fsp3) is 0.900. The van der Waals surface area contributed by atoms with Gasteiger partial charge in [0.05, 0.1) is 12.7 Å². The van der Waals surface area contributed by atoms with Crippen molar-refractivity contribution in [3.05, 3.63) is 0 Å². The molecule has 0 unspecified atom stereocenters. The molecule has 5 nitrogen and oxygen atoms in total. The summed E-state index contributed by atoms with van der Waals surface area (Å²) in [7, 11) is 0. The SMILES string of the molecule is CSC[C@H](CNC(=O)O)[C@H]1COC(C)(C)O1. The van der Waals surface area contributed by atoms with Crippen LogP contribution in [0.2, 0.25) is 0 Å². The monoisotopic (exact) mass is 249 g/mol. The van der Waals surface area contributed by atoms with Gasteiger partial charge in [-0.05, 0) is 20.1 Å². The molecule has 1 fully saturated rings. The van der Waals surface area contributed by atoms with Crippen molar-refractivity contribution in [1.82, 2.24) is 5.32 Å². The normalized spacial score (nSPS) is 25.3. The predicted molar refractivity (Wildman–Crippen MR) is 62.8 cm³/mol. The Kier molecular flexibility index (Phi) is 4.89. The quantitative estimate of drug-likeness (QED) is 0.770. The first-order valence-electron chi connectivity index (χ1n) is 5.22. The van der Waals surface area contributed by atoms with Gasteiger partial charge in [-0.3, -0.25) is 0 Å². The van der Waals surface area contributed by atoms with Crippen LogP contribution in [0.3, 0.4) is 0 Å². The maximum atomic E-state index is 10.5. The minimum atomic E-state index is -0.996. The molecule has 1 heterocycles. The molecule has 2 atom stereocenters. The lowest BCUT2D eigenvalue weighted by atomic mass is 10.1. The van der Waals surface area contributed by atoms with E-state index in [4.69, 9.17) is 14.6 Å². The molecule has 16 heavy (non-hydrogen) atoms. The van der Waals surface area contributed by atoms with Gasteiger partial charge in [-0.2, -0.15) is 11.8 Å².